The third-order valence-corrected chi connectivity index (χ3v) is 5.19. The molecular weight excluding hydrogens is 295 g/mol. The molecule has 3 rings (SSSR count). The van der Waals surface area contributed by atoms with Gasteiger partial charge in [-0.2, -0.15) is 0 Å². The van der Waals surface area contributed by atoms with Crippen LogP contribution in [-0.2, 0) is 9.31 Å². The fourth-order valence-electron chi connectivity index (χ4n) is 2.17. The first-order valence-electron chi connectivity index (χ1n) is 7.76. The molecule has 120 valence electrons. The molecule has 6 heteroatoms. The van der Waals surface area contributed by atoms with Gasteiger partial charge in [-0.25, -0.2) is 4.98 Å². The first kappa shape index (κ1) is 17.3. The van der Waals surface area contributed by atoms with Gasteiger partial charge in [0.05, 0.1) is 21.4 Å². The Morgan fingerprint density at radius 2 is 1.68 bits per heavy atom. The zero-order chi connectivity index (χ0) is 16.5. The van der Waals surface area contributed by atoms with Crippen LogP contribution in [0.3, 0.4) is 0 Å². The van der Waals surface area contributed by atoms with Crippen LogP contribution in [0.2, 0.25) is 0 Å². The van der Waals surface area contributed by atoms with E-state index in [4.69, 9.17) is 9.31 Å². The van der Waals surface area contributed by atoms with Crippen molar-refractivity contribution in [1.29, 1.82) is 0 Å². The fourth-order valence-corrected chi connectivity index (χ4v) is 3.04. The number of benzene rings is 1. The van der Waals surface area contributed by atoms with E-state index in [1.54, 1.807) is 11.3 Å². The van der Waals surface area contributed by atoms with Gasteiger partial charge in [-0.1, -0.05) is 31.3 Å². The Labute approximate surface area is 137 Å². The number of fused-ring (bicyclic) bond motifs is 1. The van der Waals surface area contributed by atoms with E-state index in [0.717, 1.165) is 20.8 Å². The Morgan fingerprint density at radius 1 is 1.09 bits per heavy atom. The Bertz CT molecular complexity index is 639. The number of nitrogens with one attached hydrogen (secondary N) is 1. The van der Waals surface area contributed by atoms with Crippen LogP contribution < -0.4 is 10.8 Å². The van der Waals surface area contributed by atoms with E-state index in [1.807, 2.05) is 33.0 Å². The summed E-state index contributed by atoms with van der Waals surface area (Å²) in [4.78, 5) is 4.48. The highest BCUT2D eigenvalue weighted by Crippen LogP contribution is 2.36. The lowest BCUT2D eigenvalue weighted by Gasteiger charge is -2.32. The predicted molar refractivity (Wildman–Crippen MR) is 96.2 cm³/mol. The quantitative estimate of drug-likeness (QED) is 0.858. The molecule has 0 atom stereocenters. The second-order valence-electron chi connectivity index (χ2n) is 6.08. The van der Waals surface area contributed by atoms with Crippen molar-refractivity contribution in [3.05, 3.63) is 18.2 Å². The third-order valence-electron chi connectivity index (χ3n) is 4.15. The Kier molecular flexibility index (Phi) is 4.85. The molecule has 2 aromatic rings. The first-order chi connectivity index (χ1) is 10.3. The van der Waals surface area contributed by atoms with E-state index >= 15 is 0 Å². The lowest BCUT2D eigenvalue weighted by Crippen LogP contribution is -2.41. The average Bonchev–Trinajstić information content (AvgIpc) is 2.98. The summed E-state index contributed by atoms with van der Waals surface area (Å²) in [6.07, 6.45) is 0. The van der Waals surface area contributed by atoms with Crippen LogP contribution in [0.5, 0.6) is 0 Å². The molecule has 1 N–H and O–H groups in total. The van der Waals surface area contributed by atoms with Gasteiger partial charge >= 0.3 is 7.12 Å². The number of hydrogen-bond acceptors (Lipinski definition) is 5. The van der Waals surface area contributed by atoms with Gasteiger partial charge in [0.1, 0.15) is 0 Å². The zero-order valence-corrected chi connectivity index (χ0v) is 15.3. The van der Waals surface area contributed by atoms with E-state index in [1.165, 1.54) is 0 Å². The molecule has 0 amide bonds. The Hall–Kier alpha value is -1.11. The van der Waals surface area contributed by atoms with E-state index in [0.29, 0.717) is 0 Å². The summed E-state index contributed by atoms with van der Waals surface area (Å²) in [5.74, 6) is 0. The largest absolute Gasteiger partial charge is 0.494 e. The standard InChI is InChI=1S/C14H19BN2O2S.C2H6/c1-13(2)14(3,4)19-15(18-13)9-6-7-10-11(8-9)20-12(16-5)17-10;1-2/h6-8H,1-5H3,(H,16,17);1-2H3. The van der Waals surface area contributed by atoms with Gasteiger partial charge in [-0.15, -0.1) is 0 Å². The van der Waals surface area contributed by atoms with Crippen molar-refractivity contribution in [2.75, 3.05) is 12.4 Å². The second-order valence-corrected chi connectivity index (χ2v) is 7.12. The number of anilines is 1. The highest BCUT2D eigenvalue weighted by molar-refractivity contribution is 7.22. The summed E-state index contributed by atoms with van der Waals surface area (Å²) in [6.45, 7) is 12.3. The number of nitrogens with zero attached hydrogens (tertiary/aromatic N) is 1. The number of hydrogen-bond donors (Lipinski definition) is 1. The van der Waals surface area contributed by atoms with Crippen LogP contribution in [0.1, 0.15) is 41.5 Å². The molecule has 1 aliphatic heterocycles. The van der Waals surface area contributed by atoms with Crippen molar-refractivity contribution in [2.45, 2.75) is 52.7 Å². The van der Waals surface area contributed by atoms with Gasteiger partial charge in [-0.3, -0.25) is 0 Å². The molecule has 1 fully saturated rings. The van der Waals surface area contributed by atoms with E-state index in [-0.39, 0.29) is 18.3 Å². The highest BCUT2D eigenvalue weighted by Gasteiger charge is 2.51. The molecule has 0 saturated carbocycles. The topological polar surface area (TPSA) is 43.4 Å². The SMILES string of the molecule is CC.CNc1nc2ccc(B3OC(C)(C)C(C)(C)O3)cc2s1. The smallest absolute Gasteiger partial charge is 0.399 e. The van der Waals surface area contributed by atoms with E-state index in [9.17, 15) is 0 Å². The Morgan fingerprint density at radius 3 is 2.23 bits per heavy atom. The summed E-state index contributed by atoms with van der Waals surface area (Å²) in [5.41, 5.74) is 1.43. The molecule has 4 nitrogen and oxygen atoms in total. The van der Waals surface area contributed by atoms with Crippen molar-refractivity contribution in [2.24, 2.45) is 0 Å². The molecule has 0 bridgehead atoms. The van der Waals surface area contributed by atoms with Gasteiger partial charge in [0.15, 0.2) is 5.13 Å². The molecule has 1 aromatic carbocycles. The van der Waals surface area contributed by atoms with Gasteiger partial charge in [-0.05, 0) is 45.3 Å². The Balaban J connectivity index is 0.000000847. The fraction of sp³-hybridized carbons (Fsp3) is 0.562. The minimum atomic E-state index is -0.315. The second kappa shape index (κ2) is 6.18. The normalized spacial score (nSPS) is 19.0. The summed E-state index contributed by atoms with van der Waals surface area (Å²) in [5, 5.41) is 4.00. The van der Waals surface area contributed by atoms with Crippen LogP contribution in [-0.4, -0.2) is 30.4 Å². The maximum atomic E-state index is 6.08. The minimum absolute atomic E-state index is 0.309. The maximum absolute atomic E-state index is 6.08. The van der Waals surface area contributed by atoms with Gasteiger partial charge in [0.2, 0.25) is 0 Å². The summed E-state index contributed by atoms with van der Waals surface area (Å²) in [6, 6.07) is 6.16. The molecular formula is C16H25BN2O2S. The average molecular weight is 320 g/mol. The molecule has 0 unspecified atom stereocenters. The highest BCUT2D eigenvalue weighted by atomic mass is 32.1. The van der Waals surface area contributed by atoms with Crippen molar-refractivity contribution >= 4 is 39.3 Å². The number of thiazole rings is 1. The maximum Gasteiger partial charge on any atom is 0.494 e. The lowest BCUT2D eigenvalue weighted by molar-refractivity contribution is 0.00578. The van der Waals surface area contributed by atoms with Crippen LogP contribution in [0.4, 0.5) is 5.13 Å². The first-order valence-corrected chi connectivity index (χ1v) is 8.58. The van der Waals surface area contributed by atoms with Crippen LogP contribution in [0, 0.1) is 0 Å². The van der Waals surface area contributed by atoms with E-state index < -0.39 is 0 Å². The molecule has 0 radical (unpaired) electrons. The minimum Gasteiger partial charge on any atom is -0.399 e. The van der Waals surface area contributed by atoms with Crippen LogP contribution >= 0.6 is 11.3 Å². The molecule has 22 heavy (non-hydrogen) atoms. The van der Waals surface area contributed by atoms with Crippen molar-refractivity contribution in [3.63, 3.8) is 0 Å². The summed E-state index contributed by atoms with van der Waals surface area (Å²) < 4.78 is 13.3. The number of aromatic nitrogens is 1. The van der Waals surface area contributed by atoms with Crippen LogP contribution in [0.25, 0.3) is 10.2 Å². The monoisotopic (exact) mass is 320 g/mol. The van der Waals surface area contributed by atoms with Crippen molar-refractivity contribution < 1.29 is 9.31 Å². The summed E-state index contributed by atoms with van der Waals surface area (Å²) in [7, 11) is 1.57. The summed E-state index contributed by atoms with van der Waals surface area (Å²) >= 11 is 1.64. The molecule has 0 aliphatic carbocycles. The number of rotatable bonds is 2. The van der Waals surface area contributed by atoms with Crippen molar-refractivity contribution in [3.8, 4) is 0 Å². The molecule has 1 aromatic heterocycles. The van der Waals surface area contributed by atoms with Crippen molar-refractivity contribution in [1.82, 2.24) is 4.98 Å². The molecule has 2 heterocycles. The third kappa shape index (κ3) is 3.00. The van der Waals surface area contributed by atoms with Gasteiger partial charge in [0, 0.05) is 7.05 Å². The lowest BCUT2D eigenvalue weighted by atomic mass is 9.79. The molecule has 0 spiro atoms. The predicted octanol–water partition coefficient (Wildman–Crippen LogP) is 3.66. The van der Waals surface area contributed by atoms with E-state index in [2.05, 4.69) is 44.1 Å². The molecule has 1 saturated heterocycles. The molecule has 1 aliphatic rings. The zero-order valence-electron chi connectivity index (χ0n) is 14.5. The van der Waals surface area contributed by atoms with Gasteiger partial charge in [0.25, 0.3) is 0 Å². The van der Waals surface area contributed by atoms with Gasteiger partial charge < -0.3 is 14.6 Å². The van der Waals surface area contributed by atoms with Crippen LogP contribution in [0.15, 0.2) is 18.2 Å².